The van der Waals surface area contributed by atoms with E-state index in [-0.39, 0.29) is 0 Å². The van der Waals surface area contributed by atoms with Crippen molar-refractivity contribution in [1.29, 1.82) is 0 Å². The van der Waals surface area contributed by atoms with Crippen molar-refractivity contribution in [2.45, 2.75) is 20.0 Å². The molecule has 0 N–H and O–H groups in total. The number of hydrogen-bond donors (Lipinski definition) is 0. The topological polar surface area (TPSA) is 0 Å². The zero-order valence-electron chi connectivity index (χ0n) is 8.31. The maximum absolute atomic E-state index is 5.36. The van der Waals surface area contributed by atoms with E-state index in [2.05, 4.69) is 22.2 Å². The van der Waals surface area contributed by atoms with Crippen LogP contribution in [0.1, 0.15) is 6.92 Å². The van der Waals surface area contributed by atoms with E-state index in [9.17, 15) is 0 Å². The lowest BCUT2D eigenvalue weighted by Gasteiger charge is -2.02. The number of rotatable bonds is 1. The van der Waals surface area contributed by atoms with Gasteiger partial charge in [0.2, 0.25) is 8.07 Å². The van der Waals surface area contributed by atoms with Gasteiger partial charge in [-0.1, -0.05) is 11.8 Å². The second kappa shape index (κ2) is 5.49. The van der Waals surface area contributed by atoms with Crippen molar-refractivity contribution < 1.29 is 0 Å². The highest BCUT2D eigenvalue weighted by Gasteiger charge is 2.13. The van der Waals surface area contributed by atoms with Gasteiger partial charge in [-0.15, -0.1) is 35.0 Å². The number of allylic oxidation sites excluding steroid dienone is 1. The quantitative estimate of drug-likeness (QED) is 0.448. The molecule has 0 aromatic carbocycles. The SMILES string of the molecule is C#C[Si](C#C[Si](C)(C)C#C)C=CC. The molecule has 0 saturated carbocycles. The molecule has 0 saturated heterocycles. The first-order valence-electron chi connectivity index (χ1n) is 4.03. The number of terminal acetylenes is 2. The van der Waals surface area contributed by atoms with E-state index in [4.69, 9.17) is 12.8 Å². The van der Waals surface area contributed by atoms with Crippen molar-refractivity contribution in [2.24, 2.45) is 0 Å². The molecule has 0 fully saturated rings. The molecule has 0 heterocycles. The van der Waals surface area contributed by atoms with Gasteiger partial charge < -0.3 is 0 Å². The average Bonchev–Trinajstić information content (AvgIpc) is 2.12. The largest absolute Gasteiger partial charge is 0.258 e. The molecule has 0 unspecified atom stereocenters. The van der Waals surface area contributed by atoms with Crippen LogP contribution in [0.25, 0.3) is 0 Å². The van der Waals surface area contributed by atoms with Crippen LogP contribution in [0.3, 0.4) is 0 Å². The van der Waals surface area contributed by atoms with Crippen LogP contribution < -0.4 is 0 Å². The summed E-state index contributed by atoms with van der Waals surface area (Å²) in [7, 11) is -2.78. The van der Waals surface area contributed by atoms with Crippen LogP contribution >= 0.6 is 0 Å². The van der Waals surface area contributed by atoms with Crippen molar-refractivity contribution in [3.05, 3.63) is 11.8 Å². The maximum atomic E-state index is 5.36. The lowest BCUT2D eigenvalue weighted by atomic mass is 10.8. The zero-order valence-corrected chi connectivity index (χ0v) is 10.3. The van der Waals surface area contributed by atoms with Gasteiger partial charge in [0.1, 0.15) is 0 Å². The zero-order chi connectivity index (χ0) is 10.3. The minimum Gasteiger partial charge on any atom is -0.126 e. The molecule has 0 aliphatic rings. The molecule has 0 aliphatic carbocycles. The van der Waals surface area contributed by atoms with Gasteiger partial charge in [-0.25, -0.2) is 0 Å². The summed E-state index contributed by atoms with van der Waals surface area (Å²) in [4.78, 5) is 0. The van der Waals surface area contributed by atoms with Crippen molar-refractivity contribution >= 4 is 16.9 Å². The monoisotopic (exact) mass is 201 g/mol. The fourth-order valence-electron chi connectivity index (χ4n) is 0.552. The molecule has 1 radical (unpaired) electrons. The van der Waals surface area contributed by atoms with Gasteiger partial charge in [0.25, 0.3) is 8.80 Å². The third-order valence-electron chi connectivity index (χ3n) is 1.36. The van der Waals surface area contributed by atoms with Gasteiger partial charge in [-0.3, -0.25) is 0 Å². The van der Waals surface area contributed by atoms with Crippen molar-refractivity contribution in [3.63, 3.8) is 0 Å². The van der Waals surface area contributed by atoms with Crippen LogP contribution in [0.2, 0.25) is 13.1 Å². The Bertz CT molecular complexity index is 326. The Morgan fingerprint density at radius 3 is 2.31 bits per heavy atom. The van der Waals surface area contributed by atoms with Gasteiger partial charge in [0, 0.05) is 0 Å². The Kier molecular flexibility index (Phi) is 5.01. The van der Waals surface area contributed by atoms with Crippen molar-refractivity contribution in [3.8, 4) is 35.0 Å². The van der Waals surface area contributed by atoms with Crippen LogP contribution in [0.15, 0.2) is 11.8 Å². The van der Waals surface area contributed by atoms with Crippen molar-refractivity contribution in [2.75, 3.05) is 0 Å². The summed E-state index contributed by atoms with van der Waals surface area (Å²) in [6.45, 7) is 6.05. The summed E-state index contributed by atoms with van der Waals surface area (Å²) < 4.78 is 0. The molecule has 0 amide bonds. The van der Waals surface area contributed by atoms with E-state index in [0.717, 1.165) is 0 Å². The summed E-state index contributed by atoms with van der Waals surface area (Å²) >= 11 is 0. The number of hydrogen-bond acceptors (Lipinski definition) is 0. The lowest BCUT2D eigenvalue weighted by molar-refractivity contribution is 1.78. The molecule has 0 bridgehead atoms. The second-order valence-corrected chi connectivity index (χ2v) is 8.57. The predicted molar refractivity (Wildman–Crippen MR) is 63.5 cm³/mol. The van der Waals surface area contributed by atoms with Gasteiger partial charge >= 0.3 is 0 Å². The molecule has 65 valence electrons. The summed E-state index contributed by atoms with van der Waals surface area (Å²) in [5.74, 6) is 0. The Morgan fingerprint density at radius 2 is 1.92 bits per heavy atom. The highest BCUT2D eigenvalue weighted by molar-refractivity contribution is 6.93. The van der Waals surface area contributed by atoms with Crippen LogP contribution in [-0.4, -0.2) is 16.9 Å². The summed E-state index contributed by atoms with van der Waals surface area (Å²) in [6, 6.07) is 0. The van der Waals surface area contributed by atoms with E-state index >= 15 is 0 Å². The third-order valence-corrected chi connectivity index (χ3v) is 4.45. The molecule has 0 aromatic rings. The molecule has 13 heavy (non-hydrogen) atoms. The Labute approximate surface area is 84.1 Å². The van der Waals surface area contributed by atoms with Gasteiger partial charge in [-0.2, -0.15) is 0 Å². The molecule has 0 nitrogen and oxygen atoms in total. The predicted octanol–water partition coefficient (Wildman–Crippen LogP) is 1.73. The molecule has 2 heteroatoms. The molecular formula is C11H13Si2. The average molecular weight is 201 g/mol. The van der Waals surface area contributed by atoms with Gasteiger partial charge in [0.15, 0.2) is 0 Å². The first-order chi connectivity index (χ1) is 6.05. The van der Waals surface area contributed by atoms with E-state index in [0.29, 0.717) is 0 Å². The highest BCUT2D eigenvalue weighted by Crippen LogP contribution is 1.96. The Hall–Kier alpha value is -1.15. The molecule has 0 atom stereocenters. The standard InChI is InChI=1S/C11H13Si2/c1-6-9-12(7-2)10-11-13(4,5)8-3/h2-3,6,9H,1,4-5H3. The lowest BCUT2D eigenvalue weighted by Crippen LogP contribution is -2.21. The first kappa shape index (κ1) is 11.9. The van der Waals surface area contributed by atoms with Crippen LogP contribution in [0, 0.1) is 35.0 Å². The smallest absolute Gasteiger partial charge is 0.126 e. The van der Waals surface area contributed by atoms with Gasteiger partial charge in [-0.05, 0) is 20.0 Å². The second-order valence-electron chi connectivity index (χ2n) is 3.08. The molecule has 0 aliphatic heterocycles. The highest BCUT2D eigenvalue weighted by atomic mass is 28.3. The van der Waals surface area contributed by atoms with E-state index < -0.39 is 16.9 Å². The first-order valence-corrected chi connectivity index (χ1v) is 8.60. The third kappa shape index (κ3) is 5.15. The van der Waals surface area contributed by atoms with E-state index in [1.165, 1.54) is 0 Å². The summed E-state index contributed by atoms with van der Waals surface area (Å²) in [6.07, 6.45) is 12.6. The maximum Gasteiger partial charge on any atom is 0.258 e. The van der Waals surface area contributed by atoms with E-state index in [1.807, 2.05) is 31.8 Å². The van der Waals surface area contributed by atoms with Crippen LogP contribution in [0.5, 0.6) is 0 Å². The minimum absolute atomic E-state index is 1.05. The Balaban J connectivity index is 4.60. The van der Waals surface area contributed by atoms with Crippen molar-refractivity contribution in [1.82, 2.24) is 0 Å². The fourth-order valence-corrected chi connectivity index (χ4v) is 3.00. The fraction of sp³-hybridized carbons (Fsp3) is 0.273. The van der Waals surface area contributed by atoms with E-state index in [1.54, 1.807) is 0 Å². The minimum atomic E-state index is -1.72. The summed E-state index contributed by atoms with van der Waals surface area (Å²) in [5.41, 5.74) is 13.7. The molecule has 0 spiro atoms. The summed E-state index contributed by atoms with van der Waals surface area (Å²) in [5, 5.41) is 0. The molecule has 0 aromatic heterocycles. The Morgan fingerprint density at radius 1 is 1.31 bits per heavy atom. The molecular weight excluding hydrogens is 188 g/mol. The normalized spacial score (nSPS) is 10.3. The van der Waals surface area contributed by atoms with Crippen LogP contribution in [0.4, 0.5) is 0 Å². The van der Waals surface area contributed by atoms with Crippen LogP contribution in [-0.2, 0) is 0 Å². The molecule has 0 rings (SSSR count). The van der Waals surface area contributed by atoms with Gasteiger partial charge in [0.05, 0.1) is 0 Å².